The van der Waals surface area contributed by atoms with Crippen LogP contribution in [0.5, 0.6) is 5.75 Å². The van der Waals surface area contributed by atoms with Gasteiger partial charge in [0.25, 0.3) is 0 Å². The van der Waals surface area contributed by atoms with Gasteiger partial charge in [-0.1, -0.05) is 0 Å². The molecule has 2 aliphatic rings. The summed E-state index contributed by atoms with van der Waals surface area (Å²) in [7, 11) is 0. The molecule has 1 saturated carbocycles. The summed E-state index contributed by atoms with van der Waals surface area (Å²) in [6, 6.07) is 3.54. The van der Waals surface area contributed by atoms with Gasteiger partial charge >= 0.3 is 11.9 Å². The van der Waals surface area contributed by atoms with Gasteiger partial charge in [-0.15, -0.1) is 0 Å². The third-order valence-corrected chi connectivity index (χ3v) is 4.48. The van der Waals surface area contributed by atoms with E-state index in [0.717, 1.165) is 12.8 Å². The number of carbonyl (C=O) groups excluding carboxylic acids is 2. The quantitative estimate of drug-likeness (QED) is 0.437. The van der Waals surface area contributed by atoms with Gasteiger partial charge < -0.3 is 35.5 Å². The van der Waals surface area contributed by atoms with Crippen molar-refractivity contribution in [1.82, 2.24) is 4.98 Å². The van der Waals surface area contributed by atoms with Crippen molar-refractivity contribution >= 4 is 24.5 Å². The number of nitrogens with two attached hydrogens (primary N) is 1. The molecule has 2 heterocycles. The molecule has 1 saturated heterocycles. The number of esters is 1. The molecule has 0 radical (unpaired) electrons. The highest BCUT2D eigenvalue weighted by molar-refractivity contribution is 5.85. The highest BCUT2D eigenvalue weighted by Crippen LogP contribution is 2.49. The van der Waals surface area contributed by atoms with Gasteiger partial charge in [-0.25, -0.2) is 14.6 Å². The van der Waals surface area contributed by atoms with Gasteiger partial charge in [0.05, 0.1) is 0 Å². The normalized spacial score (nSPS) is 25.3. The molecule has 3 rings (SSSR count). The predicted octanol–water partition coefficient (Wildman–Crippen LogP) is -1.47. The van der Waals surface area contributed by atoms with Crippen molar-refractivity contribution in [2.24, 2.45) is 11.7 Å². The fourth-order valence-corrected chi connectivity index (χ4v) is 3.17. The number of ether oxygens (including phenoxy) is 1. The van der Waals surface area contributed by atoms with Crippen LogP contribution in [0.3, 0.4) is 0 Å². The minimum absolute atomic E-state index is 0.113. The lowest BCUT2D eigenvalue weighted by molar-refractivity contribution is -0.164. The first-order valence-corrected chi connectivity index (χ1v) is 7.96. The third-order valence-electron chi connectivity index (χ3n) is 4.48. The van der Waals surface area contributed by atoms with E-state index in [1.54, 1.807) is 6.07 Å². The van der Waals surface area contributed by atoms with E-state index < -0.39 is 24.1 Å². The number of pyridine rings is 1. The van der Waals surface area contributed by atoms with Crippen LogP contribution in [0.2, 0.25) is 0 Å². The Morgan fingerprint density at radius 2 is 2.04 bits per heavy atom. The first-order valence-electron chi connectivity index (χ1n) is 7.96. The maximum atomic E-state index is 11.7. The van der Waals surface area contributed by atoms with Crippen LogP contribution in [0.1, 0.15) is 12.8 Å². The summed E-state index contributed by atoms with van der Waals surface area (Å²) in [4.78, 5) is 36.7. The number of carbonyl (C=O) groups is 3. The maximum absolute atomic E-state index is 11.7. The average Bonchev–Trinajstić information content (AvgIpc) is 3.31. The van der Waals surface area contributed by atoms with Crippen molar-refractivity contribution in [3.63, 3.8) is 0 Å². The molecule has 0 spiro atoms. The Labute approximate surface area is 149 Å². The van der Waals surface area contributed by atoms with Gasteiger partial charge in [0.2, 0.25) is 0 Å². The van der Waals surface area contributed by atoms with E-state index in [0.29, 0.717) is 24.3 Å². The smallest absolute Gasteiger partial charge is 0.343 e. The van der Waals surface area contributed by atoms with Crippen LogP contribution < -0.4 is 15.4 Å². The first-order chi connectivity index (χ1) is 12.4. The first kappa shape index (κ1) is 19.8. The second-order valence-corrected chi connectivity index (χ2v) is 6.09. The zero-order valence-corrected chi connectivity index (χ0v) is 13.9. The molecule has 10 nitrogen and oxygen atoms in total. The fourth-order valence-electron chi connectivity index (χ4n) is 3.17. The molecule has 5 N–H and O–H groups in total. The Morgan fingerprint density at radius 1 is 1.35 bits per heavy atom. The molecule has 5 atom stereocenters. The molecule has 1 aliphatic heterocycles. The second-order valence-electron chi connectivity index (χ2n) is 6.09. The van der Waals surface area contributed by atoms with Crippen LogP contribution in [-0.4, -0.2) is 69.9 Å². The number of fused-ring (bicyclic) bond motifs is 1. The Kier molecular flexibility index (Phi) is 6.24. The molecule has 1 aromatic rings. The molecule has 10 heteroatoms. The minimum Gasteiger partial charge on any atom is -0.479 e. The number of carboxylic acids is 1. The monoisotopic (exact) mass is 367 g/mol. The van der Waals surface area contributed by atoms with E-state index in [1.807, 2.05) is 6.79 Å². The van der Waals surface area contributed by atoms with E-state index in [4.69, 9.17) is 20.4 Å². The van der Waals surface area contributed by atoms with Gasteiger partial charge in [0.15, 0.2) is 12.2 Å². The van der Waals surface area contributed by atoms with Crippen molar-refractivity contribution in [3.05, 3.63) is 18.3 Å². The van der Waals surface area contributed by atoms with Crippen LogP contribution in [0, 0.1) is 5.92 Å². The summed E-state index contributed by atoms with van der Waals surface area (Å²) in [5.74, 6) is -1.60. The van der Waals surface area contributed by atoms with E-state index in [2.05, 4.69) is 9.88 Å². The SMILES string of the molecule is C=O.NCC1CC2CC2N1c1cc(OC(=O)C(O)C(O)C(=O)O)ccn1. The number of piperidine rings is 1. The van der Waals surface area contributed by atoms with Crippen molar-refractivity contribution < 1.29 is 34.4 Å². The zero-order chi connectivity index (χ0) is 19.4. The predicted molar refractivity (Wildman–Crippen MR) is 88.5 cm³/mol. The molecule has 0 bridgehead atoms. The summed E-state index contributed by atoms with van der Waals surface area (Å²) < 4.78 is 4.96. The lowest BCUT2D eigenvalue weighted by Crippen LogP contribution is -2.41. The van der Waals surface area contributed by atoms with Gasteiger partial charge in [-0.3, -0.25) is 0 Å². The van der Waals surface area contributed by atoms with Gasteiger partial charge in [0, 0.05) is 30.9 Å². The molecule has 5 unspecified atom stereocenters. The van der Waals surface area contributed by atoms with E-state index in [-0.39, 0.29) is 11.8 Å². The van der Waals surface area contributed by atoms with Crippen molar-refractivity contribution in [2.45, 2.75) is 37.1 Å². The summed E-state index contributed by atoms with van der Waals surface area (Å²) in [6.07, 6.45) is -0.856. The minimum atomic E-state index is -2.24. The number of nitrogens with zero attached hydrogens (tertiary/aromatic N) is 2. The maximum Gasteiger partial charge on any atom is 0.343 e. The average molecular weight is 367 g/mol. The van der Waals surface area contributed by atoms with Crippen LogP contribution >= 0.6 is 0 Å². The lowest BCUT2D eigenvalue weighted by atomic mass is 10.1. The van der Waals surface area contributed by atoms with Gasteiger partial charge in [-0.05, 0) is 24.8 Å². The third kappa shape index (κ3) is 3.98. The van der Waals surface area contributed by atoms with Gasteiger partial charge in [0.1, 0.15) is 18.4 Å². The number of anilines is 1. The molecule has 2 fully saturated rings. The summed E-state index contributed by atoms with van der Waals surface area (Å²) in [5, 5.41) is 27.3. The topological polar surface area (TPSA) is 163 Å². The van der Waals surface area contributed by atoms with Crippen LogP contribution in [0.15, 0.2) is 18.3 Å². The fraction of sp³-hybridized carbons (Fsp3) is 0.500. The summed E-state index contributed by atoms with van der Waals surface area (Å²) in [5.41, 5.74) is 5.79. The molecule has 1 aromatic heterocycles. The number of aliphatic carboxylic acids is 1. The molecule has 1 aliphatic carbocycles. The second kappa shape index (κ2) is 8.21. The molecular weight excluding hydrogens is 346 g/mol. The van der Waals surface area contributed by atoms with Crippen LogP contribution in [-0.2, 0) is 14.4 Å². The Bertz CT molecular complexity index is 671. The standard InChI is InChI=1S/C15H19N3O6.CH2O/c16-6-8-3-7-4-10(7)18(8)11-5-9(1-2-17-11)24-15(23)13(20)12(19)14(21)22;1-2/h1-2,5,7-8,10,12-13,19-20H,3-4,6,16H2,(H,21,22);1H2. The Morgan fingerprint density at radius 3 is 2.65 bits per heavy atom. The summed E-state index contributed by atoms with van der Waals surface area (Å²) >= 11 is 0. The highest BCUT2D eigenvalue weighted by Gasteiger charge is 2.52. The van der Waals surface area contributed by atoms with E-state index in [9.17, 15) is 19.8 Å². The summed E-state index contributed by atoms with van der Waals surface area (Å²) in [6.45, 7) is 2.50. The Balaban J connectivity index is 0.00000117. The van der Waals surface area contributed by atoms with Crippen molar-refractivity contribution in [3.8, 4) is 5.75 Å². The molecular formula is C16H21N3O7. The number of aliphatic hydroxyl groups is 2. The number of hydrogen-bond acceptors (Lipinski definition) is 9. The molecule has 0 aromatic carbocycles. The largest absolute Gasteiger partial charge is 0.479 e. The van der Waals surface area contributed by atoms with Crippen molar-refractivity contribution in [2.75, 3.05) is 11.4 Å². The number of carboxylic acid groups (broad SMARTS) is 1. The highest BCUT2D eigenvalue weighted by atomic mass is 16.6. The molecule has 26 heavy (non-hydrogen) atoms. The van der Waals surface area contributed by atoms with E-state index >= 15 is 0 Å². The van der Waals surface area contributed by atoms with Crippen molar-refractivity contribution in [1.29, 1.82) is 0 Å². The van der Waals surface area contributed by atoms with Crippen LogP contribution in [0.4, 0.5) is 5.82 Å². The molecule has 0 amide bonds. The number of hydrogen-bond donors (Lipinski definition) is 4. The lowest BCUT2D eigenvalue weighted by Gasteiger charge is -2.27. The van der Waals surface area contributed by atoms with Crippen LogP contribution in [0.25, 0.3) is 0 Å². The number of rotatable bonds is 6. The van der Waals surface area contributed by atoms with E-state index in [1.165, 1.54) is 12.3 Å². The van der Waals surface area contributed by atoms with Gasteiger partial charge in [-0.2, -0.15) is 0 Å². The Hall–Kier alpha value is -2.56. The number of aliphatic hydroxyl groups excluding tert-OH is 2. The zero-order valence-electron chi connectivity index (χ0n) is 13.9. The molecule has 142 valence electrons. The number of aromatic nitrogens is 1.